The lowest BCUT2D eigenvalue weighted by Gasteiger charge is -2.26. The first-order valence-electron chi connectivity index (χ1n) is 9.96. The van der Waals surface area contributed by atoms with Gasteiger partial charge in [-0.3, -0.25) is 25.2 Å². The first-order valence-corrected chi connectivity index (χ1v) is 9.96. The third-order valence-electron chi connectivity index (χ3n) is 4.76. The largest absolute Gasteiger partial charge is 0.485 e. The lowest BCUT2D eigenvalue weighted by molar-refractivity contribution is -0.135. The van der Waals surface area contributed by atoms with Crippen LogP contribution in [0.5, 0.6) is 11.5 Å². The summed E-state index contributed by atoms with van der Waals surface area (Å²) in [7, 11) is 0. The highest BCUT2D eigenvalue weighted by Gasteiger charge is 2.29. The Bertz CT molecular complexity index is 1080. The molecule has 2 heterocycles. The highest BCUT2D eigenvalue weighted by Crippen LogP contribution is 2.30. The van der Waals surface area contributed by atoms with Crippen molar-refractivity contribution in [1.29, 1.82) is 0 Å². The smallest absolute Gasteiger partial charge is 0.287 e. The van der Waals surface area contributed by atoms with Crippen LogP contribution in [0.25, 0.3) is 0 Å². The second-order valence-electron chi connectivity index (χ2n) is 7.04. The van der Waals surface area contributed by atoms with Crippen LogP contribution in [-0.4, -0.2) is 36.5 Å². The fraction of sp³-hybridized carbons (Fsp3) is 0.174. The number of benzene rings is 2. The maximum absolute atomic E-state index is 12.8. The van der Waals surface area contributed by atoms with Gasteiger partial charge in [0, 0.05) is 6.42 Å². The van der Waals surface area contributed by atoms with E-state index in [1.165, 1.54) is 12.3 Å². The third-order valence-corrected chi connectivity index (χ3v) is 4.76. The molecule has 0 saturated carbocycles. The van der Waals surface area contributed by atoms with E-state index in [2.05, 4.69) is 16.2 Å². The summed E-state index contributed by atoms with van der Waals surface area (Å²) < 4.78 is 16.2. The van der Waals surface area contributed by atoms with Crippen molar-refractivity contribution in [3.63, 3.8) is 0 Å². The predicted molar refractivity (Wildman–Crippen MR) is 113 cm³/mol. The number of carbonyl (C=O) groups excluding carboxylic acids is 3. The Kier molecular flexibility index (Phi) is 6.35. The third kappa shape index (κ3) is 5.07. The molecule has 3 amide bonds. The number of amides is 3. The quantitative estimate of drug-likeness (QED) is 0.506. The molecule has 2 unspecified atom stereocenters. The molecule has 0 fully saturated rings. The van der Waals surface area contributed by atoms with Gasteiger partial charge in [-0.05, 0) is 29.8 Å². The van der Waals surface area contributed by atoms with Crippen molar-refractivity contribution >= 4 is 17.7 Å². The molecule has 1 aromatic heterocycles. The van der Waals surface area contributed by atoms with Gasteiger partial charge in [-0.2, -0.15) is 0 Å². The minimum absolute atomic E-state index is 0.00138. The van der Waals surface area contributed by atoms with E-state index in [9.17, 15) is 14.4 Å². The van der Waals surface area contributed by atoms with Gasteiger partial charge in [0.1, 0.15) is 12.6 Å². The van der Waals surface area contributed by atoms with E-state index in [1.54, 1.807) is 30.3 Å². The van der Waals surface area contributed by atoms with Gasteiger partial charge in [-0.25, -0.2) is 0 Å². The summed E-state index contributed by atoms with van der Waals surface area (Å²) in [5.41, 5.74) is 5.53. The van der Waals surface area contributed by atoms with Gasteiger partial charge >= 0.3 is 0 Å². The summed E-state index contributed by atoms with van der Waals surface area (Å²) in [6, 6.07) is 18.3. The van der Waals surface area contributed by atoms with E-state index in [1.807, 2.05) is 30.3 Å². The number of hydrogen-bond donors (Lipinski definition) is 3. The fourth-order valence-corrected chi connectivity index (χ4v) is 3.14. The van der Waals surface area contributed by atoms with Crippen molar-refractivity contribution in [2.24, 2.45) is 0 Å². The van der Waals surface area contributed by atoms with E-state index >= 15 is 0 Å². The topological polar surface area (TPSA) is 119 Å². The average molecular weight is 435 g/mol. The van der Waals surface area contributed by atoms with Crippen LogP contribution in [0, 0.1) is 0 Å². The molecule has 4 rings (SSSR count). The summed E-state index contributed by atoms with van der Waals surface area (Å²) >= 11 is 0. The Morgan fingerprint density at radius 1 is 0.906 bits per heavy atom. The molecule has 9 nitrogen and oxygen atoms in total. The molecule has 1 aliphatic rings. The van der Waals surface area contributed by atoms with E-state index in [0.717, 1.165) is 5.56 Å². The molecule has 0 saturated heterocycles. The van der Waals surface area contributed by atoms with Gasteiger partial charge in [0.05, 0.1) is 6.26 Å². The Morgan fingerprint density at radius 3 is 2.41 bits per heavy atom. The molecule has 1 aliphatic heterocycles. The molecular weight excluding hydrogens is 414 g/mol. The number of furan rings is 1. The van der Waals surface area contributed by atoms with E-state index < -0.39 is 29.9 Å². The second-order valence-corrected chi connectivity index (χ2v) is 7.04. The van der Waals surface area contributed by atoms with Crippen molar-refractivity contribution < 1.29 is 28.3 Å². The van der Waals surface area contributed by atoms with Crippen molar-refractivity contribution in [3.05, 3.63) is 84.3 Å². The summed E-state index contributed by atoms with van der Waals surface area (Å²) in [6.45, 7) is 0.00138. The van der Waals surface area contributed by atoms with Gasteiger partial charge in [0.25, 0.3) is 17.7 Å². The van der Waals surface area contributed by atoms with Crippen LogP contribution in [0.4, 0.5) is 0 Å². The standard InChI is InChI=1S/C23H21N3O6/c27-21(25-26-23(29)20-14-31-17-9-4-5-10-18(17)32-20)16(13-15-7-2-1-3-8-15)24-22(28)19-11-6-12-30-19/h1-12,16,20H,13-14H2,(H,24,28)(H,25,27)(H,26,29). The van der Waals surface area contributed by atoms with Crippen LogP contribution in [0.2, 0.25) is 0 Å². The summed E-state index contributed by atoms with van der Waals surface area (Å²) in [4.78, 5) is 37.7. The number of nitrogens with one attached hydrogen (secondary N) is 3. The number of ether oxygens (including phenoxy) is 2. The van der Waals surface area contributed by atoms with Gasteiger partial charge in [-0.15, -0.1) is 0 Å². The number of para-hydroxylation sites is 2. The van der Waals surface area contributed by atoms with Crippen LogP contribution in [0.3, 0.4) is 0 Å². The van der Waals surface area contributed by atoms with E-state index in [-0.39, 0.29) is 18.8 Å². The highest BCUT2D eigenvalue weighted by molar-refractivity contribution is 5.96. The zero-order valence-electron chi connectivity index (χ0n) is 16.9. The maximum atomic E-state index is 12.8. The molecule has 2 aromatic carbocycles. The zero-order valence-corrected chi connectivity index (χ0v) is 16.9. The Labute approximate surface area is 183 Å². The zero-order chi connectivity index (χ0) is 22.3. The molecule has 164 valence electrons. The SMILES string of the molecule is O=C(NC(Cc1ccccc1)C(=O)NNC(=O)C1COc2ccccc2O1)c1ccco1. The highest BCUT2D eigenvalue weighted by atomic mass is 16.6. The van der Waals surface area contributed by atoms with E-state index in [4.69, 9.17) is 13.9 Å². The van der Waals surface area contributed by atoms with Crippen molar-refractivity contribution in [1.82, 2.24) is 16.2 Å². The minimum Gasteiger partial charge on any atom is -0.485 e. The van der Waals surface area contributed by atoms with Gasteiger partial charge in [-0.1, -0.05) is 42.5 Å². The Balaban J connectivity index is 1.38. The molecule has 32 heavy (non-hydrogen) atoms. The number of hydrazine groups is 1. The second kappa shape index (κ2) is 9.69. The fourth-order valence-electron chi connectivity index (χ4n) is 3.14. The molecular formula is C23H21N3O6. The first-order chi connectivity index (χ1) is 15.6. The summed E-state index contributed by atoms with van der Waals surface area (Å²) in [5, 5.41) is 2.63. The van der Waals surface area contributed by atoms with Crippen molar-refractivity contribution in [2.75, 3.05) is 6.61 Å². The van der Waals surface area contributed by atoms with Crippen LogP contribution in [0.15, 0.2) is 77.4 Å². The molecule has 0 spiro atoms. The predicted octanol–water partition coefficient (Wildman–Crippen LogP) is 1.61. The maximum Gasteiger partial charge on any atom is 0.287 e. The molecule has 9 heteroatoms. The lowest BCUT2D eigenvalue weighted by atomic mass is 10.1. The first kappa shape index (κ1) is 21.0. The summed E-state index contributed by atoms with van der Waals surface area (Å²) in [6.07, 6.45) is 0.646. The number of hydrogen-bond acceptors (Lipinski definition) is 6. The van der Waals surface area contributed by atoms with Gasteiger partial charge in [0.2, 0.25) is 6.10 Å². The van der Waals surface area contributed by atoms with E-state index in [0.29, 0.717) is 11.5 Å². The minimum atomic E-state index is -0.959. The van der Waals surface area contributed by atoms with Crippen molar-refractivity contribution in [2.45, 2.75) is 18.6 Å². The Morgan fingerprint density at radius 2 is 1.66 bits per heavy atom. The van der Waals surface area contributed by atoms with Gasteiger partial charge < -0.3 is 19.2 Å². The molecule has 0 bridgehead atoms. The average Bonchev–Trinajstić information content (AvgIpc) is 3.37. The van der Waals surface area contributed by atoms with Crippen molar-refractivity contribution in [3.8, 4) is 11.5 Å². The lowest BCUT2D eigenvalue weighted by Crippen LogP contribution is -2.56. The van der Waals surface area contributed by atoms with Crippen LogP contribution >= 0.6 is 0 Å². The van der Waals surface area contributed by atoms with Gasteiger partial charge in [0.15, 0.2) is 17.3 Å². The number of rotatable bonds is 6. The normalized spacial score (nSPS) is 15.3. The molecule has 0 aliphatic carbocycles. The molecule has 2 atom stereocenters. The number of fused-ring (bicyclic) bond motifs is 1. The Hall–Kier alpha value is -4.27. The molecule has 0 radical (unpaired) electrons. The number of carbonyl (C=O) groups is 3. The van der Waals surface area contributed by atoms with Crippen LogP contribution < -0.4 is 25.6 Å². The molecule has 3 aromatic rings. The van der Waals surface area contributed by atoms with Crippen LogP contribution in [-0.2, 0) is 16.0 Å². The monoisotopic (exact) mass is 435 g/mol. The molecule has 3 N–H and O–H groups in total. The summed E-state index contributed by atoms with van der Waals surface area (Å²) in [5.74, 6) is -0.658. The van der Waals surface area contributed by atoms with Crippen LogP contribution in [0.1, 0.15) is 16.1 Å².